The molecule has 1 rings (SSSR count). The summed E-state index contributed by atoms with van der Waals surface area (Å²) in [6, 6.07) is -0.898. The van der Waals surface area contributed by atoms with Gasteiger partial charge in [-0.2, -0.15) is 0 Å². The summed E-state index contributed by atoms with van der Waals surface area (Å²) in [4.78, 5) is 22.3. The van der Waals surface area contributed by atoms with E-state index in [0.29, 0.717) is 19.3 Å². The van der Waals surface area contributed by atoms with Gasteiger partial charge in [0.05, 0.1) is 17.4 Å². The van der Waals surface area contributed by atoms with Crippen LogP contribution in [-0.4, -0.2) is 49.6 Å². The maximum absolute atomic E-state index is 11.6. The number of carbonyl (C=O) groups excluding carboxylic acids is 1. The summed E-state index contributed by atoms with van der Waals surface area (Å²) in [7, 11) is -3.06. The van der Waals surface area contributed by atoms with Gasteiger partial charge in [-0.05, 0) is 19.3 Å². The van der Waals surface area contributed by atoms with Gasteiger partial charge in [-0.3, -0.25) is 4.79 Å². The summed E-state index contributed by atoms with van der Waals surface area (Å²) < 4.78 is 22.8. The van der Waals surface area contributed by atoms with E-state index in [1.54, 1.807) is 6.92 Å². The van der Waals surface area contributed by atoms with Crippen LogP contribution in [0.25, 0.3) is 0 Å². The Balaban J connectivity index is 2.37. The van der Waals surface area contributed by atoms with E-state index in [2.05, 4.69) is 10.6 Å². The van der Waals surface area contributed by atoms with Crippen molar-refractivity contribution in [3.8, 4) is 0 Å². The van der Waals surface area contributed by atoms with Gasteiger partial charge in [-0.25, -0.2) is 13.2 Å². The van der Waals surface area contributed by atoms with Gasteiger partial charge in [0.25, 0.3) is 0 Å². The molecule has 2 amide bonds. The Morgan fingerprint density at radius 3 is 2.63 bits per heavy atom. The van der Waals surface area contributed by atoms with Crippen molar-refractivity contribution in [2.75, 3.05) is 18.1 Å². The fourth-order valence-electron chi connectivity index (χ4n) is 2.00. The van der Waals surface area contributed by atoms with Gasteiger partial charge < -0.3 is 15.7 Å². The standard InChI is InChI=1S/C11H20N2O5S/c1-2-8(10(14)15)6-12-11(16)13-9-4-3-5-19(17,18)7-9/h8-9H,2-7H2,1H3,(H,14,15)(H2,12,13,16). The quantitative estimate of drug-likeness (QED) is 0.659. The molecule has 0 aromatic heterocycles. The van der Waals surface area contributed by atoms with E-state index in [0.717, 1.165) is 0 Å². The topological polar surface area (TPSA) is 113 Å². The minimum atomic E-state index is -3.06. The summed E-state index contributed by atoms with van der Waals surface area (Å²) in [5.41, 5.74) is 0. The van der Waals surface area contributed by atoms with Crippen LogP contribution in [0.1, 0.15) is 26.2 Å². The third-order valence-corrected chi connectivity index (χ3v) is 4.97. The van der Waals surface area contributed by atoms with Crippen LogP contribution in [0.2, 0.25) is 0 Å². The first-order chi connectivity index (χ1) is 8.84. The Labute approximate surface area is 112 Å². The van der Waals surface area contributed by atoms with Crippen LogP contribution in [-0.2, 0) is 14.6 Å². The largest absolute Gasteiger partial charge is 0.481 e. The Bertz CT molecular complexity index is 434. The number of carboxylic acids is 1. The second-order valence-corrected chi connectivity index (χ2v) is 6.98. The van der Waals surface area contributed by atoms with Crippen LogP contribution in [0.5, 0.6) is 0 Å². The molecule has 1 aliphatic rings. The monoisotopic (exact) mass is 292 g/mol. The van der Waals surface area contributed by atoms with Crippen molar-refractivity contribution >= 4 is 21.8 Å². The van der Waals surface area contributed by atoms with Gasteiger partial charge >= 0.3 is 12.0 Å². The van der Waals surface area contributed by atoms with Crippen molar-refractivity contribution in [1.29, 1.82) is 0 Å². The highest BCUT2D eigenvalue weighted by atomic mass is 32.2. The highest BCUT2D eigenvalue weighted by Crippen LogP contribution is 2.11. The first-order valence-corrected chi connectivity index (χ1v) is 8.13. The van der Waals surface area contributed by atoms with E-state index in [-0.39, 0.29) is 24.1 Å². The zero-order valence-electron chi connectivity index (χ0n) is 10.9. The van der Waals surface area contributed by atoms with E-state index >= 15 is 0 Å². The van der Waals surface area contributed by atoms with Crippen molar-refractivity contribution in [1.82, 2.24) is 10.6 Å². The second-order valence-electron chi connectivity index (χ2n) is 4.75. The lowest BCUT2D eigenvalue weighted by atomic mass is 10.1. The zero-order chi connectivity index (χ0) is 14.5. The lowest BCUT2D eigenvalue weighted by Crippen LogP contribution is -2.48. The van der Waals surface area contributed by atoms with E-state index in [1.165, 1.54) is 0 Å². The molecule has 3 N–H and O–H groups in total. The number of amides is 2. The predicted octanol–water partition coefficient (Wildman–Crippen LogP) is -0.0264. The summed E-state index contributed by atoms with van der Waals surface area (Å²) in [5, 5.41) is 13.9. The van der Waals surface area contributed by atoms with Crippen LogP contribution < -0.4 is 10.6 Å². The van der Waals surface area contributed by atoms with Gasteiger partial charge in [-0.15, -0.1) is 0 Å². The molecule has 110 valence electrons. The molecule has 8 heteroatoms. The third-order valence-electron chi connectivity index (χ3n) is 3.15. The number of sulfone groups is 1. The molecule has 1 fully saturated rings. The van der Waals surface area contributed by atoms with Crippen LogP contribution >= 0.6 is 0 Å². The van der Waals surface area contributed by atoms with Crippen LogP contribution in [0.4, 0.5) is 4.79 Å². The van der Waals surface area contributed by atoms with Crippen molar-refractivity contribution in [2.45, 2.75) is 32.2 Å². The minimum absolute atomic E-state index is 0.0388. The molecule has 19 heavy (non-hydrogen) atoms. The normalized spacial score (nSPS) is 23.3. The molecule has 1 saturated heterocycles. The van der Waals surface area contributed by atoms with E-state index in [1.807, 2.05) is 0 Å². The molecule has 7 nitrogen and oxygen atoms in total. The van der Waals surface area contributed by atoms with Crippen LogP contribution in [0.15, 0.2) is 0 Å². The Morgan fingerprint density at radius 1 is 1.42 bits per heavy atom. The summed E-state index contributed by atoms with van der Waals surface area (Å²) in [6.07, 6.45) is 1.59. The third kappa shape index (κ3) is 5.46. The van der Waals surface area contributed by atoms with E-state index < -0.39 is 27.8 Å². The number of rotatable bonds is 5. The summed E-state index contributed by atoms with van der Waals surface area (Å²) in [5.74, 6) is -1.45. The molecule has 0 aromatic carbocycles. The maximum atomic E-state index is 11.6. The van der Waals surface area contributed by atoms with Crippen molar-refractivity contribution in [3.63, 3.8) is 0 Å². The molecule has 2 atom stereocenters. The maximum Gasteiger partial charge on any atom is 0.315 e. The number of nitrogens with one attached hydrogen (secondary N) is 2. The molecule has 1 heterocycles. The molecular formula is C11H20N2O5S. The minimum Gasteiger partial charge on any atom is -0.481 e. The predicted molar refractivity (Wildman–Crippen MR) is 69.6 cm³/mol. The number of hydrogen-bond donors (Lipinski definition) is 3. The van der Waals surface area contributed by atoms with E-state index in [9.17, 15) is 18.0 Å². The fraction of sp³-hybridized carbons (Fsp3) is 0.818. The zero-order valence-corrected chi connectivity index (χ0v) is 11.7. The van der Waals surface area contributed by atoms with Crippen molar-refractivity contribution in [2.24, 2.45) is 5.92 Å². The number of aliphatic carboxylic acids is 1. The smallest absolute Gasteiger partial charge is 0.315 e. The van der Waals surface area contributed by atoms with E-state index in [4.69, 9.17) is 5.11 Å². The first kappa shape index (κ1) is 15.7. The number of urea groups is 1. The Hall–Kier alpha value is -1.31. The highest BCUT2D eigenvalue weighted by Gasteiger charge is 2.26. The Kier molecular flexibility index (Phi) is 5.59. The molecule has 0 aromatic rings. The molecule has 0 radical (unpaired) electrons. The van der Waals surface area contributed by atoms with Crippen LogP contribution in [0, 0.1) is 5.92 Å². The first-order valence-electron chi connectivity index (χ1n) is 6.31. The average Bonchev–Trinajstić information content (AvgIpc) is 2.27. The lowest BCUT2D eigenvalue weighted by molar-refractivity contribution is -0.141. The summed E-state index contributed by atoms with van der Waals surface area (Å²) >= 11 is 0. The second kappa shape index (κ2) is 6.74. The molecule has 0 bridgehead atoms. The molecular weight excluding hydrogens is 272 g/mol. The van der Waals surface area contributed by atoms with Crippen molar-refractivity contribution < 1.29 is 23.1 Å². The number of carboxylic acid groups (broad SMARTS) is 1. The van der Waals surface area contributed by atoms with Crippen molar-refractivity contribution in [3.05, 3.63) is 0 Å². The highest BCUT2D eigenvalue weighted by molar-refractivity contribution is 7.91. The molecule has 0 saturated carbocycles. The molecule has 2 unspecified atom stereocenters. The molecule has 0 aliphatic carbocycles. The molecule has 0 spiro atoms. The SMILES string of the molecule is CCC(CNC(=O)NC1CCCS(=O)(=O)C1)C(=O)O. The van der Waals surface area contributed by atoms with Gasteiger partial charge in [0.15, 0.2) is 9.84 Å². The van der Waals surface area contributed by atoms with Gasteiger partial charge in [0.2, 0.25) is 0 Å². The van der Waals surface area contributed by atoms with Gasteiger partial charge in [-0.1, -0.05) is 6.92 Å². The van der Waals surface area contributed by atoms with Gasteiger partial charge in [0.1, 0.15) is 0 Å². The number of carbonyl (C=O) groups is 2. The van der Waals surface area contributed by atoms with Crippen LogP contribution in [0.3, 0.4) is 0 Å². The fourth-order valence-corrected chi connectivity index (χ4v) is 3.63. The Morgan fingerprint density at radius 2 is 2.11 bits per heavy atom. The summed E-state index contributed by atoms with van der Waals surface area (Å²) in [6.45, 7) is 1.77. The van der Waals surface area contributed by atoms with Gasteiger partial charge in [0, 0.05) is 12.6 Å². The average molecular weight is 292 g/mol. The molecule has 1 aliphatic heterocycles. The number of hydrogen-bond acceptors (Lipinski definition) is 4. The lowest BCUT2D eigenvalue weighted by Gasteiger charge is -2.23.